The normalized spacial score (nSPS) is 10.0. The molecule has 1 amide bonds. The minimum Gasteiger partial charge on any atom is -0.321 e. The van der Waals surface area contributed by atoms with Crippen molar-refractivity contribution < 1.29 is 4.79 Å². The Labute approximate surface area is 113 Å². The molecule has 0 aliphatic rings. The van der Waals surface area contributed by atoms with Crippen LogP contribution in [-0.2, 0) is 0 Å². The van der Waals surface area contributed by atoms with Crippen LogP contribution in [0.1, 0.15) is 28.4 Å². The van der Waals surface area contributed by atoms with Crippen LogP contribution in [0, 0.1) is 6.92 Å². The first-order valence-electron chi connectivity index (χ1n) is 6.21. The quantitative estimate of drug-likeness (QED) is 0.866. The number of benzene rings is 2. The standard InChI is InChI=1S/C17H17NO/c1-12(2)15-6-4-5-7-16(15)18-17(19)14-10-8-13(3)9-11-14/h4-11H,1H2,2-3H3,(H,18,19). The summed E-state index contributed by atoms with van der Waals surface area (Å²) >= 11 is 0. The fraction of sp³-hybridized carbons (Fsp3) is 0.118. The first kappa shape index (κ1) is 13.1. The van der Waals surface area contributed by atoms with Gasteiger partial charge in [-0.1, -0.05) is 42.5 Å². The third-order valence-electron chi connectivity index (χ3n) is 2.95. The first-order valence-corrected chi connectivity index (χ1v) is 6.21. The van der Waals surface area contributed by atoms with Gasteiger partial charge >= 0.3 is 0 Å². The first-order chi connectivity index (χ1) is 9.08. The maximum atomic E-state index is 12.2. The zero-order valence-corrected chi connectivity index (χ0v) is 11.2. The zero-order valence-electron chi connectivity index (χ0n) is 11.2. The highest BCUT2D eigenvalue weighted by Gasteiger charge is 2.08. The summed E-state index contributed by atoms with van der Waals surface area (Å²) in [7, 11) is 0. The molecule has 0 aliphatic heterocycles. The topological polar surface area (TPSA) is 29.1 Å². The predicted octanol–water partition coefficient (Wildman–Crippen LogP) is 4.28. The zero-order chi connectivity index (χ0) is 13.8. The van der Waals surface area contributed by atoms with Crippen molar-refractivity contribution in [1.82, 2.24) is 0 Å². The lowest BCUT2D eigenvalue weighted by atomic mass is 10.1. The monoisotopic (exact) mass is 251 g/mol. The summed E-state index contributed by atoms with van der Waals surface area (Å²) in [6, 6.07) is 15.2. The number of anilines is 1. The van der Waals surface area contributed by atoms with Gasteiger partial charge in [-0.25, -0.2) is 0 Å². The summed E-state index contributed by atoms with van der Waals surface area (Å²) in [5.41, 5.74) is 4.48. The third kappa shape index (κ3) is 3.10. The lowest BCUT2D eigenvalue weighted by Crippen LogP contribution is -2.12. The van der Waals surface area contributed by atoms with E-state index in [0.717, 1.165) is 22.4 Å². The summed E-state index contributed by atoms with van der Waals surface area (Å²) in [6.45, 7) is 7.85. The SMILES string of the molecule is C=C(C)c1ccccc1NC(=O)c1ccc(C)cc1. The van der Waals surface area contributed by atoms with Crippen LogP contribution in [0.2, 0.25) is 0 Å². The van der Waals surface area contributed by atoms with Crippen LogP contribution in [0.3, 0.4) is 0 Å². The molecule has 0 saturated carbocycles. The predicted molar refractivity (Wildman–Crippen MR) is 80.3 cm³/mol. The van der Waals surface area contributed by atoms with Gasteiger partial charge in [0.15, 0.2) is 0 Å². The van der Waals surface area contributed by atoms with E-state index in [2.05, 4.69) is 11.9 Å². The van der Waals surface area contributed by atoms with E-state index in [1.807, 2.05) is 62.4 Å². The second-order valence-corrected chi connectivity index (χ2v) is 4.65. The number of amides is 1. The number of carbonyl (C=O) groups excluding carboxylic acids is 1. The molecule has 0 spiro atoms. The van der Waals surface area contributed by atoms with Crippen LogP contribution in [0.4, 0.5) is 5.69 Å². The van der Waals surface area contributed by atoms with Crippen molar-refractivity contribution >= 4 is 17.2 Å². The average molecular weight is 251 g/mol. The highest BCUT2D eigenvalue weighted by atomic mass is 16.1. The molecular weight excluding hydrogens is 234 g/mol. The Kier molecular flexibility index (Phi) is 3.81. The lowest BCUT2D eigenvalue weighted by molar-refractivity contribution is 0.102. The van der Waals surface area contributed by atoms with Crippen molar-refractivity contribution in [3.8, 4) is 0 Å². The Morgan fingerprint density at radius 2 is 1.68 bits per heavy atom. The van der Waals surface area contributed by atoms with E-state index in [0.29, 0.717) is 5.56 Å². The molecule has 96 valence electrons. The second-order valence-electron chi connectivity index (χ2n) is 4.65. The molecule has 0 aromatic heterocycles. The van der Waals surface area contributed by atoms with Crippen LogP contribution in [0.5, 0.6) is 0 Å². The summed E-state index contributed by atoms with van der Waals surface area (Å²) in [5, 5.41) is 2.93. The smallest absolute Gasteiger partial charge is 0.255 e. The van der Waals surface area contributed by atoms with E-state index in [1.165, 1.54) is 0 Å². The van der Waals surface area contributed by atoms with Crippen molar-refractivity contribution in [1.29, 1.82) is 0 Å². The Bertz CT molecular complexity index is 611. The molecule has 2 aromatic rings. The van der Waals surface area contributed by atoms with Crippen LogP contribution in [-0.4, -0.2) is 5.91 Å². The van der Waals surface area contributed by atoms with Gasteiger partial charge < -0.3 is 5.32 Å². The lowest BCUT2D eigenvalue weighted by Gasteiger charge is -2.11. The highest BCUT2D eigenvalue weighted by Crippen LogP contribution is 2.22. The van der Waals surface area contributed by atoms with Gasteiger partial charge in [-0.15, -0.1) is 0 Å². The van der Waals surface area contributed by atoms with Gasteiger partial charge in [0, 0.05) is 16.8 Å². The number of nitrogens with one attached hydrogen (secondary N) is 1. The maximum absolute atomic E-state index is 12.2. The molecule has 0 radical (unpaired) electrons. The number of para-hydroxylation sites is 1. The number of hydrogen-bond acceptors (Lipinski definition) is 1. The van der Waals surface area contributed by atoms with E-state index >= 15 is 0 Å². The van der Waals surface area contributed by atoms with Gasteiger partial charge in [0.05, 0.1) is 0 Å². The summed E-state index contributed by atoms with van der Waals surface area (Å²) in [4.78, 5) is 12.2. The number of allylic oxidation sites excluding steroid dienone is 1. The van der Waals surface area contributed by atoms with Gasteiger partial charge in [-0.2, -0.15) is 0 Å². The fourth-order valence-corrected chi connectivity index (χ4v) is 1.86. The van der Waals surface area contributed by atoms with E-state index in [9.17, 15) is 4.79 Å². The molecule has 0 aliphatic carbocycles. The van der Waals surface area contributed by atoms with Crippen molar-refractivity contribution in [3.63, 3.8) is 0 Å². The van der Waals surface area contributed by atoms with Gasteiger partial charge in [-0.3, -0.25) is 4.79 Å². The number of aryl methyl sites for hydroxylation is 1. The molecule has 0 bridgehead atoms. The van der Waals surface area contributed by atoms with Crippen LogP contribution < -0.4 is 5.32 Å². The molecular formula is C17H17NO. The molecule has 2 nitrogen and oxygen atoms in total. The van der Waals surface area contributed by atoms with Crippen molar-refractivity contribution in [2.75, 3.05) is 5.32 Å². The Morgan fingerprint density at radius 1 is 1.05 bits per heavy atom. The van der Waals surface area contributed by atoms with Crippen molar-refractivity contribution in [2.24, 2.45) is 0 Å². The summed E-state index contributed by atoms with van der Waals surface area (Å²) in [5.74, 6) is -0.103. The minimum atomic E-state index is -0.103. The Balaban J connectivity index is 2.24. The number of carbonyl (C=O) groups is 1. The van der Waals surface area contributed by atoms with Crippen molar-refractivity contribution in [3.05, 3.63) is 71.8 Å². The molecule has 0 atom stereocenters. The fourth-order valence-electron chi connectivity index (χ4n) is 1.86. The maximum Gasteiger partial charge on any atom is 0.255 e. The molecule has 0 saturated heterocycles. The van der Waals surface area contributed by atoms with Gasteiger partial charge in [-0.05, 0) is 37.6 Å². The van der Waals surface area contributed by atoms with Gasteiger partial charge in [0.1, 0.15) is 0 Å². The molecule has 2 aromatic carbocycles. The second kappa shape index (κ2) is 5.53. The van der Waals surface area contributed by atoms with E-state index in [1.54, 1.807) is 0 Å². The van der Waals surface area contributed by atoms with Crippen molar-refractivity contribution in [2.45, 2.75) is 13.8 Å². The molecule has 2 heteroatoms. The largest absolute Gasteiger partial charge is 0.321 e. The highest BCUT2D eigenvalue weighted by molar-refractivity contribution is 6.05. The van der Waals surface area contributed by atoms with E-state index in [-0.39, 0.29) is 5.91 Å². The average Bonchev–Trinajstić information content (AvgIpc) is 2.39. The van der Waals surface area contributed by atoms with Crippen LogP contribution in [0.15, 0.2) is 55.1 Å². The molecule has 2 rings (SSSR count). The third-order valence-corrected chi connectivity index (χ3v) is 2.95. The Hall–Kier alpha value is -2.35. The van der Waals surface area contributed by atoms with E-state index < -0.39 is 0 Å². The molecule has 19 heavy (non-hydrogen) atoms. The van der Waals surface area contributed by atoms with Crippen LogP contribution in [0.25, 0.3) is 5.57 Å². The molecule has 0 unspecified atom stereocenters. The summed E-state index contributed by atoms with van der Waals surface area (Å²) in [6.07, 6.45) is 0. The van der Waals surface area contributed by atoms with E-state index in [4.69, 9.17) is 0 Å². The Morgan fingerprint density at radius 3 is 2.32 bits per heavy atom. The minimum absolute atomic E-state index is 0.103. The van der Waals surface area contributed by atoms with Gasteiger partial charge in [0.25, 0.3) is 5.91 Å². The molecule has 1 N–H and O–H groups in total. The molecule has 0 heterocycles. The number of hydrogen-bond donors (Lipinski definition) is 1. The van der Waals surface area contributed by atoms with Crippen LogP contribution >= 0.6 is 0 Å². The van der Waals surface area contributed by atoms with Gasteiger partial charge in [0.2, 0.25) is 0 Å². The summed E-state index contributed by atoms with van der Waals surface area (Å²) < 4.78 is 0. The molecule has 0 fully saturated rings. The number of rotatable bonds is 3.